The first-order valence-corrected chi connectivity index (χ1v) is 9.56. The number of anilines is 2. The average molecular weight is 393 g/mol. The van der Waals surface area contributed by atoms with Crippen molar-refractivity contribution in [2.45, 2.75) is 34.1 Å². The number of benzene rings is 2. The Labute approximate surface area is 172 Å². The van der Waals surface area contributed by atoms with E-state index in [1.807, 2.05) is 76.2 Å². The van der Waals surface area contributed by atoms with Crippen LogP contribution in [0.15, 0.2) is 72.1 Å². The summed E-state index contributed by atoms with van der Waals surface area (Å²) in [5, 5.41) is 11.2. The highest BCUT2D eigenvalue weighted by Gasteiger charge is 2.07. The van der Waals surface area contributed by atoms with Crippen LogP contribution in [0.25, 0.3) is 0 Å². The molecule has 0 unspecified atom stereocenters. The summed E-state index contributed by atoms with van der Waals surface area (Å²) in [5.74, 6) is 0. The van der Waals surface area contributed by atoms with Gasteiger partial charge in [-0.25, -0.2) is 9.59 Å². The monoisotopic (exact) mass is 392 g/mol. The molecule has 2 aromatic rings. The number of hydrogen-bond acceptors (Lipinski definition) is 2. The van der Waals surface area contributed by atoms with Gasteiger partial charge >= 0.3 is 12.1 Å². The standard InChI is InChI=1S/C23H28N4O2/c1-5-18(24-22(28)26-20-11-7-16(3)8-12-20)15-19(6-2)25-23(29)27-21-13-9-17(4)10-14-21/h5,7-15H,6H2,1-4H3,(H2,24,26,28)(H2,25,27,29)/b18-5+,19-15+. The molecular formula is C23H28N4O2. The topological polar surface area (TPSA) is 82.3 Å². The van der Waals surface area contributed by atoms with Crippen LogP contribution in [0.5, 0.6) is 0 Å². The van der Waals surface area contributed by atoms with Crippen LogP contribution in [0.2, 0.25) is 0 Å². The summed E-state index contributed by atoms with van der Waals surface area (Å²) in [6, 6.07) is 14.4. The molecule has 0 saturated carbocycles. The van der Waals surface area contributed by atoms with E-state index in [9.17, 15) is 9.59 Å². The zero-order chi connectivity index (χ0) is 21.2. The molecule has 0 heterocycles. The second kappa shape index (κ2) is 10.7. The second-order valence-electron chi connectivity index (χ2n) is 6.66. The van der Waals surface area contributed by atoms with Crippen molar-refractivity contribution in [3.05, 3.63) is 83.2 Å². The van der Waals surface area contributed by atoms with E-state index in [2.05, 4.69) is 21.3 Å². The van der Waals surface area contributed by atoms with Crippen molar-refractivity contribution in [3.8, 4) is 0 Å². The number of amides is 4. The smallest absolute Gasteiger partial charge is 0.311 e. The molecule has 0 aromatic heterocycles. The van der Waals surface area contributed by atoms with Gasteiger partial charge in [0.05, 0.1) is 0 Å². The van der Waals surface area contributed by atoms with Crippen LogP contribution in [0.3, 0.4) is 0 Å². The Bertz CT molecular complexity index is 897. The van der Waals surface area contributed by atoms with Gasteiger partial charge in [0.25, 0.3) is 0 Å². The van der Waals surface area contributed by atoms with Gasteiger partial charge in [0.2, 0.25) is 0 Å². The Kier molecular flexibility index (Phi) is 8.03. The fraction of sp³-hybridized carbons (Fsp3) is 0.217. The number of urea groups is 2. The molecule has 0 bridgehead atoms. The maximum absolute atomic E-state index is 12.2. The molecule has 29 heavy (non-hydrogen) atoms. The fourth-order valence-corrected chi connectivity index (χ4v) is 2.48. The molecule has 4 amide bonds. The minimum absolute atomic E-state index is 0.332. The van der Waals surface area contributed by atoms with Crippen molar-refractivity contribution in [1.82, 2.24) is 10.6 Å². The Hall–Kier alpha value is -3.54. The quantitative estimate of drug-likeness (QED) is 0.493. The summed E-state index contributed by atoms with van der Waals surface area (Å²) < 4.78 is 0. The number of allylic oxidation sites excluding steroid dienone is 3. The van der Waals surface area contributed by atoms with Gasteiger partial charge in [-0.05, 0) is 57.5 Å². The SMILES string of the molecule is C/C=C(\C=C(/CC)NC(=O)Nc1ccc(C)cc1)NC(=O)Nc1ccc(C)cc1. The van der Waals surface area contributed by atoms with E-state index in [1.165, 1.54) is 0 Å². The van der Waals surface area contributed by atoms with E-state index in [4.69, 9.17) is 0 Å². The summed E-state index contributed by atoms with van der Waals surface area (Å²) in [6.07, 6.45) is 4.10. The van der Waals surface area contributed by atoms with Crippen LogP contribution in [-0.4, -0.2) is 12.1 Å². The first-order valence-electron chi connectivity index (χ1n) is 9.56. The predicted octanol–water partition coefficient (Wildman–Crippen LogP) is 5.44. The van der Waals surface area contributed by atoms with E-state index < -0.39 is 0 Å². The lowest BCUT2D eigenvalue weighted by atomic mass is 10.2. The zero-order valence-corrected chi connectivity index (χ0v) is 17.3. The number of rotatable bonds is 6. The molecule has 2 rings (SSSR count). The van der Waals surface area contributed by atoms with Gasteiger partial charge < -0.3 is 21.3 Å². The molecule has 0 saturated heterocycles. The van der Waals surface area contributed by atoms with Crippen LogP contribution in [-0.2, 0) is 0 Å². The molecule has 6 nitrogen and oxygen atoms in total. The van der Waals surface area contributed by atoms with Crippen molar-refractivity contribution in [3.63, 3.8) is 0 Å². The molecule has 0 fully saturated rings. The van der Waals surface area contributed by atoms with Gasteiger partial charge in [-0.2, -0.15) is 0 Å². The highest BCUT2D eigenvalue weighted by atomic mass is 16.2. The van der Waals surface area contributed by atoms with Crippen molar-refractivity contribution < 1.29 is 9.59 Å². The van der Waals surface area contributed by atoms with Gasteiger partial charge in [-0.15, -0.1) is 0 Å². The van der Waals surface area contributed by atoms with Crippen LogP contribution < -0.4 is 21.3 Å². The average Bonchev–Trinajstić information content (AvgIpc) is 2.70. The van der Waals surface area contributed by atoms with E-state index in [0.717, 1.165) is 11.1 Å². The molecular weight excluding hydrogens is 364 g/mol. The lowest BCUT2D eigenvalue weighted by Gasteiger charge is -2.12. The molecule has 0 aliphatic carbocycles. The molecule has 0 atom stereocenters. The third-order valence-electron chi connectivity index (χ3n) is 4.17. The highest BCUT2D eigenvalue weighted by Crippen LogP contribution is 2.10. The van der Waals surface area contributed by atoms with Crippen LogP contribution in [0.1, 0.15) is 31.4 Å². The molecule has 4 N–H and O–H groups in total. The fourth-order valence-electron chi connectivity index (χ4n) is 2.48. The summed E-state index contributed by atoms with van der Waals surface area (Å²) in [5.41, 5.74) is 4.93. The molecule has 0 spiro atoms. The number of carbonyl (C=O) groups excluding carboxylic acids is 2. The van der Waals surface area contributed by atoms with Crippen molar-refractivity contribution in [1.29, 1.82) is 0 Å². The lowest BCUT2D eigenvalue weighted by molar-refractivity contribution is 0.254. The van der Waals surface area contributed by atoms with E-state index in [1.54, 1.807) is 12.2 Å². The largest absolute Gasteiger partial charge is 0.323 e. The summed E-state index contributed by atoms with van der Waals surface area (Å²) >= 11 is 0. The first-order chi connectivity index (χ1) is 13.9. The van der Waals surface area contributed by atoms with E-state index in [-0.39, 0.29) is 12.1 Å². The Morgan fingerprint density at radius 3 is 1.66 bits per heavy atom. The van der Waals surface area contributed by atoms with Gasteiger partial charge in [0.15, 0.2) is 0 Å². The van der Waals surface area contributed by atoms with Crippen molar-refractivity contribution >= 4 is 23.4 Å². The molecule has 0 radical (unpaired) electrons. The molecule has 6 heteroatoms. The second-order valence-corrected chi connectivity index (χ2v) is 6.66. The third-order valence-corrected chi connectivity index (χ3v) is 4.17. The van der Waals surface area contributed by atoms with Crippen LogP contribution in [0, 0.1) is 13.8 Å². The first kappa shape index (κ1) is 21.8. The normalized spacial score (nSPS) is 11.6. The van der Waals surface area contributed by atoms with Gasteiger partial charge in [0.1, 0.15) is 0 Å². The zero-order valence-electron chi connectivity index (χ0n) is 17.3. The van der Waals surface area contributed by atoms with Crippen molar-refractivity contribution in [2.75, 3.05) is 10.6 Å². The van der Waals surface area contributed by atoms with Crippen LogP contribution in [0.4, 0.5) is 21.0 Å². The number of carbonyl (C=O) groups is 2. The van der Waals surface area contributed by atoms with Gasteiger partial charge in [-0.3, -0.25) is 0 Å². The van der Waals surface area contributed by atoms with Gasteiger partial charge in [0, 0.05) is 22.8 Å². The molecule has 2 aromatic carbocycles. The number of nitrogens with one attached hydrogen (secondary N) is 4. The van der Waals surface area contributed by atoms with Crippen molar-refractivity contribution in [2.24, 2.45) is 0 Å². The maximum atomic E-state index is 12.2. The highest BCUT2D eigenvalue weighted by molar-refractivity contribution is 5.91. The third kappa shape index (κ3) is 7.54. The van der Waals surface area contributed by atoms with E-state index >= 15 is 0 Å². The Morgan fingerprint density at radius 2 is 1.24 bits per heavy atom. The minimum atomic E-state index is -0.349. The van der Waals surface area contributed by atoms with Crippen LogP contribution >= 0.6 is 0 Å². The minimum Gasteiger partial charge on any atom is -0.311 e. The Morgan fingerprint density at radius 1 is 0.793 bits per heavy atom. The lowest BCUT2D eigenvalue weighted by Crippen LogP contribution is -2.30. The summed E-state index contributed by atoms with van der Waals surface area (Å²) in [7, 11) is 0. The predicted molar refractivity (Wildman–Crippen MR) is 119 cm³/mol. The number of hydrogen-bond donors (Lipinski definition) is 4. The molecule has 0 aliphatic rings. The summed E-state index contributed by atoms with van der Waals surface area (Å²) in [6.45, 7) is 7.72. The molecule has 0 aliphatic heterocycles. The van der Waals surface area contributed by atoms with Gasteiger partial charge in [-0.1, -0.05) is 48.4 Å². The Balaban J connectivity index is 1.95. The van der Waals surface area contributed by atoms with E-state index in [0.29, 0.717) is 29.2 Å². The maximum Gasteiger partial charge on any atom is 0.323 e. The summed E-state index contributed by atoms with van der Waals surface area (Å²) in [4.78, 5) is 24.5. The molecule has 152 valence electrons. The number of aryl methyl sites for hydroxylation is 2.